The molecule has 16 heavy (non-hydrogen) atoms. The second-order valence-electron chi connectivity index (χ2n) is 3.43. The van der Waals surface area contributed by atoms with E-state index in [1.165, 1.54) is 4.90 Å². The summed E-state index contributed by atoms with van der Waals surface area (Å²) >= 11 is 0. The van der Waals surface area contributed by atoms with Crippen LogP contribution in [0.3, 0.4) is 0 Å². The molecule has 0 aromatic heterocycles. The minimum Gasteiger partial charge on any atom is -0.480 e. The van der Waals surface area contributed by atoms with E-state index in [9.17, 15) is 9.59 Å². The number of hydrogen-bond acceptors (Lipinski definition) is 3. The molecule has 0 saturated heterocycles. The van der Waals surface area contributed by atoms with Crippen molar-refractivity contribution in [3.63, 3.8) is 0 Å². The van der Waals surface area contributed by atoms with Gasteiger partial charge in [-0.1, -0.05) is 18.2 Å². The topological polar surface area (TPSA) is 77.8 Å². The van der Waals surface area contributed by atoms with Gasteiger partial charge in [-0.15, -0.1) is 0 Å². The summed E-state index contributed by atoms with van der Waals surface area (Å²) < 4.78 is 0. The zero-order valence-electron chi connectivity index (χ0n) is 8.88. The van der Waals surface area contributed by atoms with E-state index in [1.54, 1.807) is 12.1 Å². The van der Waals surface area contributed by atoms with E-state index in [0.29, 0.717) is 5.69 Å². The van der Waals surface area contributed by atoms with Crippen LogP contribution in [0.1, 0.15) is 5.56 Å². The summed E-state index contributed by atoms with van der Waals surface area (Å²) in [6, 6.07) is 7.09. The van der Waals surface area contributed by atoms with Gasteiger partial charge in [0.25, 0.3) is 0 Å². The Morgan fingerprint density at radius 1 is 1.12 bits per heavy atom. The van der Waals surface area contributed by atoms with E-state index in [1.807, 2.05) is 19.1 Å². The summed E-state index contributed by atoms with van der Waals surface area (Å²) in [6.45, 7) is 1.17. The van der Waals surface area contributed by atoms with Crippen molar-refractivity contribution in [1.29, 1.82) is 0 Å². The number of nitrogens with zero attached hydrogens (tertiary/aromatic N) is 1. The Labute approximate surface area is 92.9 Å². The Morgan fingerprint density at radius 3 is 2.06 bits per heavy atom. The fourth-order valence-corrected chi connectivity index (χ4v) is 1.47. The van der Waals surface area contributed by atoms with Crippen molar-refractivity contribution in [3.05, 3.63) is 29.8 Å². The molecule has 0 atom stereocenters. The van der Waals surface area contributed by atoms with Crippen molar-refractivity contribution in [2.24, 2.45) is 0 Å². The maximum Gasteiger partial charge on any atom is 0.323 e. The fourth-order valence-electron chi connectivity index (χ4n) is 1.47. The molecule has 0 heterocycles. The Balaban J connectivity index is 2.96. The van der Waals surface area contributed by atoms with Crippen LogP contribution >= 0.6 is 0 Å². The van der Waals surface area contributed by atoms with Gasteiger partial charge in [0.05, 0.1) is 0 Å². The van der Waals surface area contributed by atoms with Crippen molar-refractivity contribution in [2.75, 3.05) is 18.0 Å². The third-order valence-corrected chi connectivity index (χ3v) is 2.11. The molecular weight excluding hydrogens is 210 g/mol. The third kappa shape index (κ3) is 3.27. The highest BCUT2D eigenvalue weighted by Gasteiger charge is 2.15. The van der Waals surface area contributed by atoms with Crippen molar-refractivity contribution < 1.29 is 19.8 Å². The number of aryl methyl sites for hydroxylation is 1. The SMILES string of the molecule is Cc1ccccc1N(CC(=O)O)CC(=O)O. The Hall–Kier alpha value is -2.04. The summed E-state index contributed by atoms with van der Waals surface area (Å²) in [6.07, 6.45) is 0. The zero-order valence-corrected chi connectivity index (χ0v) is 8.88. The van der Waals surface area contributed by atoms with Crippen LogP contribution in [0, 0.1) is 6.92 Å². The Morgan fingerprint density at radius 2 is 1.62 bits per heavy atom. The van der Waals surface area contributed by atoms with E-state index in [-0.39, 0.29) is 13.1 Å². The van der Waals surface area contributed by atoms with E-state index < -0.39 is 11.9 Å². The molecule has 86 valence electrons. The summed E-state index contributed by atoms with van der Waals surface area (Å²) in [5, 5.41) is 17.4. The Kier molecular flexibility index (Phi) is 3.88. The average molecular weight is 223 g/mol. The lowest BCUT2D eigenvalue weighted by molar-refractivity contribution is -0.136. The van der Waals surface area contributed by atoms with Crippen molar-refractivity contribution in [3.8, 4) is 0 Å². The van der Waals surface area contributed by atoms with E-state index in [0.717, 1.165) is 5.56 Å². The van der Waals surface area contributed by atoms with Gasteiger partial charge < -0.3 is 15.1 Å². The number of carboxylic acids is 2. The van der Waals surface area contributed by atoms with Crippen molar-refractivity contribution >= 4 is 17.6 Å². The minimum atomic E-state index is -1.05. The number of rotatable bonds is 5. The fraction of sp³-hybridized carbons (Fsp3) is 0.273. The Bertz CT molecular complexity index is 387. The number of benzene rings is 1. The standard InChI is InChI=1S/C11H13NO4/c1-8-4-2-3-5-9(8)12(6-10(13)14)7-11(15)16/h2-5H,6-7H2,1H3,(H,13,14)(H,15,16). The molecule has 0 aliphatic rings. The molecule has 0 aliphatic heterocycles. The number of hydrogen-bond donors (Lipinski definition) is 2. The quantitative estimate of drug-likeness (QED) is 0.777. The highest BCUT2D eigenvalue weighted by molar-refractivity contribution is 5.80. The van der Waals surface area contributed by atoms with Crippen LogP contribution in [0.25, 0.3) is 0 Å². The largest absolute Gasteiger partial charge is 0.480 e. The monoisotopic (exact) mass is 223 g/mol. The van der Waals surface area contributed by atoms with Crippen LogP contribution < -0.4 is 4.90 Å². The van der Waals surface area contributed by atoms with Crippen LogP contribution in [0.5, 0.6) is 0 Å². The number of carbonyl (C=O) groups is 2. The van der Waals surface area contributed by atoms with Gasteiger partial charge >= 0.3 is 11.9 Å². The van der Waals surface area contributed by atoms with Crippen LogP contribution in [0.2, 0.25) is 0 Å². The van der Waals surface area contributed by atoms with E-state index in [2.05, 4.69) is 0 Å². The summed E-state index contributed by atoms with van der Waals surface area (Å²) in [5.74, 6) is -2.10. The predicted molar refractivity (Wildman–Crippen MR) is 58.7 cm³/mol. The summed E-state index contributed by atoms with van der Waals surface area (Å²) in [7, 11) is 0. The minimum absolute atomic E-state index is 0.322. The van der Waals surface area contributed by atoms with Crippen molar-refractivity contribution in [2.45, 2.75) is 6.92 Å². The molecule has 1 aromatic rings. The second-order valence-corrected chi connectivity index (χ2v) is 3.43. The third-order valence-electron chi connectivity index (χ3n) is 2.11. The van der Waals surface area contributed by atoms with Gasteiger partial charge in [-0.25, -0.2) is 0 Å². The molecule has 1 aromatic carbocycles. The van der Waals surface area contributed by atoms with Crippen LogP contribution in [0.4, 0.5) is 5.69 Å². The van der Waals surface area contributed by atoms with E-state index in [4.69, 9.17) is 10.2 Å². The van der Waals surface area contributed by atoms with Gasteiger partial charge in [-0.2, -0.15) is 0 Å². The first kappa shape index (κ1) is 12.0. The lowest BCUT2D eigenvalue weighted by atomic mass is 10.2. The summed E-state index contributed by atoms with van der Waals surface area (Å²) in [4.78, 5) is 22.6. The number of carboxylic acid groups (broad SMARTS) is 2. The first-order valence-corrected chi connectivity index (χ1v) is 4.75. The van der Waals surface area contributed by atoms with Gasteiger partial charge in [0.1, 0.15) is 13.1 Å². The molecule has 0 fully saturated rings. The molecule has 0 radical (unpaired) electrons. The first-order valence-electron chi connectivity index (χ1n) is 4.75. The number of aliphatic carboxylic acids is 2. The molecule has 0 saturated carbocycles. The normalized spacial score (nSPS) is 9.81. The highest BCUT2D eigenvalue weighted by Crippen LogP contribution is 2.18. The van der Waals surface area contributed by atoms with Gasteiger partial charge in [-0.05, 0) is 18.6 Å². The second kappa shape index (κ2) is 5.16. The van der Waals surface area contributed by atoms with Gasteiger partial charge in [-0.3, -0.25) is 9.59 Å². The molecular formula is C11H13NO4. The molecule has 0 unspecified atom stereocenters. The number of para-hydroxylation sites is 1. The van der Waals surface area contributed by atoms with Gasteiger partial charge in [0.15, 0.2) is 0 Å². The van der Waals surface area contributed by atoms with Gasteiger partial charge in [0.2, 0.25) is 0 Å². The maximum atomic E-state index is 10.6. The smallest absolute Gasteiger partial charge is 0.323 e. The van der Waals surface area contributed by atoms with Crippen LogP contribution in [-0.4, -0.2) is 35.2 Å². The van der Waals surface area contributed by atoms with Gasteiger partial charge in [0, 0.05) is 5.69 Å². The molecule has 0 aliphatic carbocycles. The highest BCUT2D eigenvalue weighted by atomic mass is 16.4. The molecule has 5 nitrogen and oxygen atoms in total. The van der Waals surface area contributed by atoms with Crippen LogP contribution in [0.15, 0.2) is 24.3 Å². The molecule has 0 amide bonds. The van der Waals surface area contributed by atoms with E-state index >= 15 is 0 Å². The molecule has 0 bridgehead atoms. The predicted octanol–water partition coefficient (Wildman–Crippen LogP) is 0.971. The molecule has 2 N–H and O–H groups in total. The lowest BCUT2D eigenvalue weighted by Crippen LogP contribution is -2.34. The summed E-state index contributed by atoms with van der Waals surface area (Å²) in [5.41, 5.74) is 1.48. The lowest BCUT2D eigenvalue weighted by Gasteiger charge is -2.22. The molecule has 1 rings (SSSR count). The first-order chi connectivity index (χ1) is 7.50. The number of anilines is 1. The maximum absolute atomic E-state index is 10.6. The average Bonchev–Trinajstić information content (AvgIpc) is 2.15. The molecule has 5 heteroatoms. The molecule has 0 spiro atoms. The van der Waals surface area contributed by atoms with Crippen LogP contribution in [-0.2, 0) is 9.59 Å². The zero-order chi connectivity index (χ0) is 12.1. The van der Waals surface area contributed by atoms with Crippen molar-refractivity contribution in [1.82, 2.24) is 0 Å².